The van der Waals surface area contributed by atoms with E-state index in [0.29, 0.717) is 17.0 Å². The number of carbonyl (C=O) groups is 2. The lowest BCUT2D eigenvalue weighted by Gasteiger charge is -2.34. The van der Waals surface area contributed by atoms with Gasteiger partial charge < -0.3 is 15.0 Å². The minimum absolute atomic E-state index is 0.0877. The number of anilines is 1. The molecule has 0 bridgehead atoms. The van der Waals surface area contributed by atoms with Crippen LogP contribution in [-0.2, 0) is 14.8 Å². The summed E-state index contributed by atoms with van der Waals surface area (Å²) in [6, 6.07) is 6.74. The van der Waals surface area contributed by atoms with Crippen LogP contribution in [0.25, 0.3) is 0 Å². The highest BCUT2D eigenvalue weighted by Crippen LogP contribution is 2.35. The third kappa shape index (κ3) is 4.05. The number of ether oxygens (including phenoxy) is 1. The number of sulfonamides is 1. The lowest BCUT2D eigenvalue weighted by molar-refractivity contribution is -0.122. The van der Waals surface area contributed by atoms with Gasteiger partial charge in [0.2, 0.25) is 10.0 Å². The number of rotatable bonds is 3. The van der Waals surface area contributed by atoms with Gasteiger partial charge in [0.05, 0.1) is 15.6 Å². The summed E-state index contributed by atoms with van der Waals surface area (Å²) in [6.07, 6.45) is -0.727. The Labute approximate surface area is 189 Å². The van der Waals surface area contributed by atoms with Gasteiger partial charge in [-0.3, -0.25) is 9.59 Å². The molecule has 8 nitrogen and oxygen atoms in total. The Kier molecular flexibility index (Phi) is 5.87. The lowest BCUT2D eigenvalue weighted by Crippen LogP contribution is -2.50. The Hall–Kier alpha value is -2.69. The molecular weight excluding hydrogens is 461 g/mol. The number of benzene rings is 2. The van der Waals surface area contributed by atoms with Crippen LogP contribution in [0.1, 0.15) is 22.8 Å². The van der Waals surface area contributed by atoms with Gasteiger partial charge in [-0.15, -0.1) is 0 Å². The van der Waals surface area contributed by atoms with Gasteiger partial charge in [-0.05, 0) is 43.7 Å². The molecule has 11 heteroatoms. The molecular formula is C21H21ClFN3O5S. The number of hydrogen-bond donors (Lipinski definition) is 1. The van der Waals surface area contributed by atoms with E-state index in [1.807, 2.05) is 0 Å². The van der Waals surface area contributed by atoms with Crippen molar-refractivity contribution < 1.29 is 27.1 Å². The summed E-state index contributed by atoms with van der Waals surface area (Å²) in [6.45, 7) is 3.80. The highest BCUT2D eigenvalue weighted by molar-refractivity contribution is 7.89. The summed E-state index contributed by atoms with van der Waals surface area (Å²) in [4.78, 5) is 26.1. The lowest BCUT2D eigenvalue weighted by atomic mass is 10.1. The third-order valence-corrected chi connectivity index (χ3v) is 7.85. The van der Waals surface area contributed by atoms with Crippen molar-refractivity contribution >= 4 is 39.1 Å². The van der Waals surface area contributed by atoms with Crippen molar-refractivity contribution in [3.8, 4) is 5.75 Å². The maximum atomic E-state index is 13.4. The van der Waals surface area contributed by atoms with Gasteiger partial charge in [0, 0.05) is 37.8 Å². The molecule has 2 amide bonds. The molecule has 2 heterocycles. The minimum atomic E-state index is -3.85. The summed E-state index contributed by atoms with van der Waals surface area (Å²) in [5.74, 6) is -0.955. The summed E-state index contributed by atoms with van der Waals surface area (Å²) in [5, 5.41) is 2.55. The van der Waals surface area contributed by atoms with E-state index in [4.69, 9.17) is 16.3 Å². The molecule has 2 aliphatic rings. The Bertz CT molecular complexity index is 1210. The summed E-state index contributed by atoms with van der Waals surface area (Å²) >= 11 is 5.76. The van der Waals surface area contributed by atoms with Gasteiger partial charge in [-0.2, -0.15) is 4.31 Å². The molecule has 32 heavy (non-hydrogen) atoms. The SMILES string of the molecule is Cc1cc2c(cc1S(=O)(=O)N1CCN(C(=O)c3ccc(F)c(Cl)c3)CC1)O[C@@H](C)C(=O)N2. The highest BCUT2D eigenvalue weighted by Gasteiger charge is 2.33. The Morgan fingerprint density at radius 3 is 2.53 bits per heavy atom. The van der Waals surface area contributed by atoms with E-state index in [-0.39, 0.29) is 53.5 Å². The maximum absolute atomic E-state index is 13.4. The number of halogens is 2. The molecule has 0 saturated carbocycles. The zero-order valence-corrected chi connectivity index (χ0v) is 19.0. The first-order valence-electron chi connectivity index (χ1n) is 9.94. The first kappa shape index (κ1) is 22.5. The number of nitrogens with one attached hydrogen (secondary N) is 1. The molecule has 1 atom stereocenters. The van der Waals surface area contributed by atoms with Crippen LogP contribution in [0, 0.1) is 12.7 Å². The van der Waals surface area contributed by atoms with E-state index < -0.39 is 21.9 Å². The van der Waals surface area contributed by atoms with Gasteiger partial charge in [0.15, 0.2) is 6.10 Å². The Balaban J connectivity index is 1.51. The second kappa shape index (κ2) is 8.34. The fourth-order valence-electron chi connectivity index (χ4n) is 3.70. The monoisotopic (exact) mass is 481 g/mol. The number of hydrogen-bond acceptors (Lipinski definition) is 5. The molecule has 1 saturated heterocycles. The van der Waals surface area contributed by atoms with Crippen LogP contribution < -0.4 is 10.1 Å². The van der Waals surface area contributed by atoms with E-state index >= 15 is 0 Å². The Morgan fingerprint density at radius 1 is 1.19 bits per heavy atom. The van der Waals surface area contributed by atoms with Gasteiger partial charge in [-0.1, -0.05) is 11.6 Å². The fourth-order valence-corrected chi connectivity index (χ4v) is 5.53. The standard InChI is InChI=1S/C21H21ClFN3O5S/c1-12-9-17-18(31-13(2)20(27)24-17)11-19(12)32(29,30)26-7-5-25(6-8-26)21(28)14-3-4-16(23)15(22)10-14/h3-4,9-11,13H,5-8H2,1-2H3,(H,24,27)/t13-/m0/s1. The van der Waals surface area contributed by atoms with E-state index in [1.165, 1.54) is 27.4 Å². The highest BCUT2D eigenvalue weighted by atomic mass is 35.5. The molecule has 0 radical (unpaired) electrons. The average molecular weight is 482 g/mol. The number of nitrogens with zero attached hydrogens (tertiary/aromatic N) is 2. The molecule has 170 valence electrons. The van der Waals surface area contributed by atoms with Crippen molar-refractivity contribution in [2.45, 2.75) is 24.8 Å². The van der Waals surface area contributed by atoms with Crippen LogP contribution in [0.5, 0.6) is 5.75 Å². The number of aryl methyl sites for hydroxylation is 1. The van der Waals surface area contributed by atoms with E-state index in [0.717, 1.165) is 6.07 Å². The first-order valence-corrected chi connectivity index (χ1v) is 11.8. The van der Waals surface area contributed by atoms with E-state index in [9.17, 15) is 22.4 Å². The maximum Gasteiger partial charge on any atom is 0.265 e. The predicted octanol–water partition coefficient (Wildman–Crippen LogP) is 2.65. The quantitative estimate of drug-likeness (QED) is 0.727. The molecule has 1 N–H and O–H groups in total. The first-order chi connectivity index (χ1) is 15.1. The molecule has 0 aliphatic carbocycles. The number of carbonyl (C=O) groups excluding carboxylic acids is 2. The molecule has 1 fully saturated rings. The molecule has 2 aromatic rings. The van der Waals surface area contributed by atoms with Crippen molar-refractivity contribution in [3.05, 3.63) is 52.3 Å². The number of amides is 2. The van der Waals surface area contributed by atoms with Crippen LogP contribution in [0.3, 0.4) is 0 Å². The smallest absolute Gasteiger partial charge is 0.265 e. The van der Waals surface area contributed by atoms with Crippen LogP contribution in [-0.4, -0.2) is 61.7 Å². The van der Waals surface area contributed by atoms with Crippen LogP contribution in [0.2, 0.25) is 5.02 Å². The van der Waals surface area contributed by atoms with Crippen LogP contribution in [0.15, 0.2) is 35.2 Å². The number of piperazine rings is 1. The normalized spacial score (nSPS) is 19.2. The molecule has 4 rings (SSSR count). The van der Waals surface area contributed by atoms with Crippen LogP contribution >= 0.6 is 11.6 Å². The molecule has 2 aromatic carbocycles. The van der Waals surface area contributed by atoms with Crippen molar-refractivity contribution in [3.63, 3.8) is 0 Å². The number of fused-ring (bicyclic) bond motifs is 1. The van der Waals surface area contributed by atoms with Crippen molar-refractivity contribution in [1.82, 2.24) is 9.21 Å². The second-order valence-corrected chi connectivity index (χ2v) is 10.0. The summed E-state index contributed by atoms with van der Waals surface area (Å²) < 4.78 is 46.8. The zero-order chi connectivity index (χ0) is 23.2. The van der Waals surface area contributed by atoms with E-state index in [1.54, 1.807) is 19.9 Å². The van der Waals surface area contributed by atoms with Gasteiger partial charge in [0.25, 0.3) is 11.8 Å². The largest absolute Gasteiger partial charge is 0.479 e. The summed E-state index contributed by atoms with van der Waals surface area (Å²) in [7, 11) is -3.85. The molecule has 2 aliphatic heterocycles. The topological polar surface area (TPSA) is 96.0 Å². The minimum Gasteiger partial charge on any atom is -0.479 e. The van der Waals surface area contributed by atoms with Crippen molar-refractivity contribution in [1.29, 1.82) is 0 Å². The molecule has 0 spiro atoms. The van der Waals surface area contributed by atoms with Crippen LogP contribution in [0.4, 0.5) is 10.1 Å². The molecule has 0 unspecified atom stereocenters. The average Bonchev–Trinajstić information content (AvgIpc) is 2.76. The Morgan fingerprint density at radius 2 is 1.88 bits per heavy atom. The van der Waals surface area contributed by atoms with Gasteiger partial charge in [0.1, 0.15) is 11.6 Å². The molecule has 0 aromatic heterocycles. The van der Waals surface area contributed by atoms with Gasteiger partial charge >= 0.3 is 0 Å². The predicted molar refractivity (Wildman–Crippen MR) is 116 cm³/mol. The third-order valence-electron chi connectivity index (χ3n) is 5.52. The fraction of sp³-hybridized carbons (Fsp3) is 0.333. The second-order valence-electron chi connectivity index (χ2n) is 7.69. The van der Waals surface area contributed by atoms with Gasteiger partial charge in [-0.25, -0.2) is 12.8 Å². The van der Waals surface area contributed by atoms with E-state index in [2.05, 4.69) is 5.32 Å². The zero-order valence-electron chi connectivity index (χ0n) is 17.4. The van der Waals surface area contributed by atoms with Crippen molar-refractivity contribution in [2.24, 2.45) is 0 Å². The summed E-state index contributed by atoms with van der Waals surface area (Å²) in [5.41, 5.74) is 1.14. The van der Waals surface area contributed by atoms with Crippen molar-refractivity contribution in [2.75, 3.05) is 31.5 Å².